The molecule has 7 heteroatoms. The fraction of sp³-hybridized carbons (Fsp3) is 0.476. The van der Waals surface area contributed by atoms with Gasteiger partial charge in [-0.05, 0) is 48.9 Å². The molecule has 3 rings (SSSR count). The standard InChI is InChI=1S/C21H27N3O3S/c1-3-4-5-19-20-17(10-13-28-20)14-15(2)23(19)12-11-22-21(25)16-6-8-18(9-7-16)24(26)27/h6-10,13,15,19H,3-5,11-12,14H2,1-2H3,(H,22,25). The molecule has 0 saturated heterocycles. The lowest BCUT2D eigenvalue weighted by atomic mass is 9.93. The van der Waals surface area contributed by atoms with Gasteiger partial charge in [0.2, 0.25) is 0 Å². The number of rotatable bonds is 8. The van der Waals surface area contributed by atoms with Crippen molar-refractivity contribution >= 4 is 22.9 Å². The van der Waals surface area contributed by atoms with E-state index in [-0.39, 0.29) is 11.6 Å². The maximum atomic E-state index is 12.4. The third-order valence-corrected chi connectivity index (χ3v) is 6.45. The monoisotopic (exact) mass is 401 g/mol. The van der Waals surface area contributed by atoms with E-state index in [9.17, 15) is 14.9 Å². The van der Waals surface area contributed by atoms with E-state index in [1.807, 2.05) is 11.3 Å². The average molecular weight is 402 g/mol. The second-order valence-corrected chi connectivity index (χ2v) is 8.27. The zero-order chi connectivity index (χ0) is 20.1. The van der Waals surface area contributed by atoms with Crippen LogP contribution in [0, 0.1) is 10.1 Å². The molecule has 2 heterocycles. The molecule has 2 atom stereocenters. The molecule has 28 heavy (non-hydrogen) atoms. The van der Waals surface area contributed by atoms with Gasteiger partial charge < -0.3 is 5.32 Å². The number of thiophene rings is 1. The summed E-state index contributed by atoms with van der Waals surface area (Å²) in [5, 5.41) is 15.9. The molecule has 0 spiro atoms. The number of fused-ring (bicyclic) bond motifs is 1. The Hall–Kier alpha value is -2.25. The van der Waals surface area contributed by atoms with Gasteiger partial charge in [-0.2, -0.15) is 0 Å². The normalized spacial score (nSPS) is 19.2. The molecule has 0 radical (unpaired) electrons. The first-order valence-electron chi connectivity index (χ1n) is 9.86. The highest BCUT2D eigenvalue weighted by molar-refractivity contribution is 7.10. The summed E-state index contributed by atoms with van der Waals surface area (Å²) >= 11 is 1.85. The van der Waals surface area contributed by atoms with E-state index in [1.165, 1.54) is 47.5 Å². The van der Waals surface area contributed by atoms with E-state index in [0.717, 1.165) is 19.4 Å². The Labute approximate surface area is 169 Å². The van der Waals surface area contributed by atoms with E-state index >= 15 is 0 Å². The minimum atomic E-state index is -0.464. The minimum Gasteiger partial charge on any atom is -0.351 e. The van der Waals surface area contributed by atoms with Crippen molar-refractivity contribution < 1.29 is 9.72 Å². The Morgan fingerprint density at radius 2 is 2.07 bits per heavy atom. The fourth-order valence-corrected chi connectivity index (χ4v) is 5.00. The average Bonchev–Trinajstić information content (AvgIpc) is 3.15. The number of nitrogens with one attached hydrogen (secondary N) is 1. The van der Waals surface area contributed by atoms with Crippen LogP contribution in [0.25, 0.3) is 0 Å². The number of nitrogens with zero attached hydrogens (tertiary/aromatic N) is 2. The van der Waals surface area contributed by atoms with Crippen LogP contribution in [0.3, 0.4) is 0 Å². The van der Waals surface area contributed by atoms with Gasteiger partial charge in [0.15, 0.2) is 0 Å². The van der Waals surface area contributed by atoms with E-state index in [2.05, 4.69) is 35.5 Å². The van der Waals surface area contributed by atoms with Crippen LogP contribution in [0.2, 0.25) is 0 Å². The number of nitro groups is 1. The molecule has 1 aromatic carbocycles. The third kappa shape index (κ3) is 4.59. The minimum absolute atomic E-state index is 0.00999. The summed E-state index contributed by atoms with van der Waals surface area (Å²) in [6.45, 7) is 5.84. The summed E-state index contributed by atoms with van der Waals surface area (Å²) in [4.78, 5) is 26.6. The molecule has 1 N–H and O–H groups in total. The van der Waals surface area contributed by atoms with Crippen LogP contribution in [0.5, 0.6) is 0 Å². The Bertz CT molecular complexity index is 819. The Kier molecular flexibility index (Phi) is 6.80. The van der Waals surface area contributed by atoms with Crippen molar-refractivity contribution in [1.82, 2.24) is 10.2 Å². The van der Waals surface area contributed by atoms with Gasteiger partial charge in [0, 0.05) is 47.7 Å². The van der Waals surface area contributed by atoms with Crippen molar-refractivity contribution in [1.29, 1.82) is 0 Å². The van der Waals surface area contributed by atoms with Crippen molar-refractivity contribution in [3.8, 4) is 0 Å². The van der Waals surface area contributed by atoms with Gasteiger partial charge in [-0.25, -0.2) is 0 Å². The van der Waals surface area contributed by atoms with Crippen LogP contribution in [0.4, 0.5) is 5.69 Å². The van der Waals surface area contributed by atoms with Gasteiger partial charge in [0.05, 0.1) is 4.92 Å². The van der Waals surface area contributed by atoms with Gasteiger partial charge in [-0.15, -0.1) is 11.3 Å². The largest absolute Gasteiger partial charge is 0.351 e. The van der Waals surface area contributed by atoms with Crippen LogP contribution in [-0.2, 0) is 6.42 Å². The molecular formula is C21H27N3O3S. The first kappa shape index (κ1) is 20.5. The number of amides is 1. The van der Waals surface area contributed by atoms with Crippen molar-refractivity contribution in [2.75, 3.05) is 13.1 Å². The molecule has 2 aromatic rings. The summed E-state index contributed by atoms with van der Waals surface area (Å²) in [5.74, 6) is -0.193. The molecule has 2 unspecified atom stereocenters. The van der Waals surface area contributed by atoms with Gasteiger partial charge in [-0.1, -0.05) is 19.8 Å². The smallest absolute Gasteiger partial charge is 0.269 e. The third-order valence-electron chi connectivity index (χ3n) is 5.39. The SMILES string of the molecule is CCCCC1c2sccc2CC(C)N1CCNC(=O)c1ccc([N+](=O)[O-])cc1. The molecule has 1 aromatic heterocycles. The summed E-state index contributed by atoms with van der Waals surface area (Å²) in [6, 6.07) is 8.85. The molecule has 0 fully saturated rings. The summed E-state index contributed by atoms with van der Waals surface area (Å²) in [7, 11) is 0. The van der Waals surface area contributed by atoms with Crippen molar-refractivity contribution in [3.05, 3.63) is 61.8 Å². The lowest BCUT2D eigenvalue weighted by Gasteiger charge is -2.40. The number of carbonyl (C=O) groups is 1. The molecule has 0 saturated carbocycles. The summed E-state index contributed by atoms with van der Waals surface area (Å²) in [6.07, 6.45) is 4.57. The lowest BCUT2D eigenvalue weighted by molar-refractivity contribution is -0.384. The number of nitro benzene ring substituents is 1. The number of carbonyl (C=O) groups excluding carboxylic acids is 1. The van der Waals surface area contributed by atoms with Crippen LogP contribution >= 0.6 is 11.3 Å². The number of hydrogen-bond acceptors (Lipinski definition) is 5. The predicted octanol–water partition coefficient (Wildman–Crippen LogP) is 4.56. The molecule has 1 aliphatic heterocycles. The van der Waals surface area contributed by atoms with Gasteiger partial charge in [-0.3, -0.25) is 19.8 Å². The van der Waals surface area contributed by atoms with Crippen molar-refractivity contribution in [2.45, 2.75) is 51.6 Å². The fourth-order valence-electron chi connectivity index (χ4n) is 3.91. The van der Waals surface area contributed by atoms with Crippen molar-refractivity contribution in [3.63, 3.8) is 0 Å². The maximum absolute atomic E-state index is 12.4. The number of unbranched alkanes of at least 4 members (excludes halogenated alkanes) is 1. The number of non-ortho nitro benzene ring substituents is 1. The maximum Gasteiger partial charge on any atom is 0.269 e. The van der Waals surface area contributed by atoms with Gasteiger partial charge in [0.25, 0.3) is 11.6 Å². The molecular weight excluding hydrogens is 374 g/mol. The zero-order valence-corrected chi connectivity index (χ0v) is 17.2. The lowest BCUT2D eigenvalue weighted by Crippen LogP contribution is -2.45. The molecule has 0 bridgehead atoms. The van der Waals surface area contributed by atoms with Crippen LogP contribution < -0.4 is 5.32 Å². The van der Waals surface area contributed by atoms with E-state index in [1.54, 1.807) is 0 Å². The summed E-state index contributed by atoms with van der Waals surface area (Å²) in [5.41, 5.74) is 1.91. The van der Waals surface area contributed by atoms with Crippen LogP contribution in [0.15, 0.2) is 35.7 Å². The molecule has 1 amide bonds. The predicted molar refractivity (Wildman–Crippen MR) is 112 cm³/mol. The molecule has 6 nitrogen and oxygen atoms in total. The van der Waals surface area contributed by atoms with E-state index < -0.39 is 4.92 Å². The second-order valence-electron chi connectivity index (χ2n) is 7.32. The second kappa shape index (κ2) is 9.30. The Balaban J connectivity index is 1.60. The van der Waals surface area contributed by atoms with Gasteiger partial charge in [0.1, 0.15) is 0 Å². The van der Waals surface area contributed by atoms with Crippen LogP contribution in [0.1, 0.15) is 60.0 Å². The highest BCUT2D eigenvalue weighted by Gasteiger charge is 2.32. The van der Waals surface area contributed by atoms with E-state index in [0.29, 0.717) is 24.2 Å². The quantitative estimate of drug-likeness (QED) is 0.519. The van der Waals surface area contributed by atoms with Crippen LogP contribution in [-0.4, -0.2) is 34.9 Å². The first-order chi connectivity index (χ1) is 13.5. The number of hydrogen-bond donors (Lipinski definition) is 1. The molecule has 1 aliphatic rings. The Morgan fingerprint density at radius 3 is 2.75 bits per heavy atom. The highest BCUT2D eigenvalue weighted by Crippen LogP contribution is 2.39. The topological polar surface area (TPSA) is 75.5 Å². The highest BCUT2D eigenvalue weighted by atomic mass is 32.1. The summed E-state index contributed by atoms with van der Waals surface area (Å²) < 4.78 is 0. The zero-order valence-electron chi connectivity index (χ0n) is 16.4. The molecule has 0 aliphatic carbocycles. The van der Waals surface area contributed by atoms with Gasteiger partial charge >= 0.3 is 0 Å². The van der Waals surface area contributed by atoms with E-state index in [4.69, 9.17) is 0 Å². The number of benzene rings is 1. The first-order valence-corrected chi connectivity index (χ1v) is 10.7. The van der Waals surface area contributed by atoms with Crippen molar-refractivity contribution in [2.24, 2.45) is 0 Å². The molecule has 150 valence electrons. The Morgan fingerprint density at radius 1 is 1.32 bits per heavy atom.